The Labute approximate surface area is 271 Å². The summed E-state index contributed by atoms with van der Waals surface area (Å²) >= 11 is 0. The van der Waals surface area contributed by atoms with Crippen molar-refractivity contribution in [1.82, 2.24) is 5.06 Å². The van der Waals surface area contributed by atoms with E-state index in [1.54, 1.807) is 0 Å². The van der Waals surface area contributed by atoms with Crippen molar-refractivity contribution in [3.63, 3.8) is 0 Å². The zero-order valence-electron chi connectivity index (χ0n) is 27.9. The Balaban J connectivity index is 1.39. The second kappa shape index (κ2) is 10.1. The van der Waals surface area contributed by atoms with Crippen molar-refractivity contribution in [2.75, 3.05) is 0 Å². The van der Waals surface area contributed by atoms with Crippen LogP contribution < -0.4 is 5.06 Å². The average molecular weight is 610 g/mol. The molecule has 2 aliphatic rings. The number of quaternary nitrogens is 1. The Morgan fingerprint density at radius 2 is 1.04 bits per heavy atom. The molecule has 7 rings (SSSR count). The summed E-state index contributed by atoms with van der Waals surface area (Å²) in [6, 6.07) is 33.6. The van der Waals surface area contributed by atoms with Crippen LogP contribution in [0.2, 0.25) is 0 Å². The van der Waals surface area contributed by atoms with Gasteiger partial charge in [0.15, 0.2) is 5.84 Å². The first kappa shape index (κ1) is 30.3. The molecule has 1 N–H and O–H groups in total. The van der Waals surface area contributed by atoms with Gasteiger partial charge in [-0.1, -0.05) is 90.1 Å². The normalized spacial score (nSPS) is 21.1. The van der Waals surface area contributed by atoms with Gasteiger partial charge in [-0.25, -0.2) is 4.99 Å². The number of aliphatic imine (C=N–C) groups is 2. The van der Waals surface area contributed by atoms with Gasteiger partial charge in [-0.2, -0.15) is 5.06 Å². The van der Waals surface area contributed by atoms with Gasteiger partial charge in [-0.05, 0) is 111 Å². The van der Waals surface area contributed by atoms with Crippen molar-refractivity contribution in [2.45, 2.75) is 77.5 Å². The molecule has 0 aromatic heterocycles. The first-order valence-electron chi connectivity index (χ1n) is 16.0. The van der Waals surface area contributed by atoms with Crippen molar-refractivity contribution >= 4 is 33.2 Å². The molecule has 233 valence electrons. The number of fused-ring (bicyclic) bond motifs is 2. The molecular formula is C40H41N4O2. The SMILES string of the molecule is CC1(C)N=C(c2ccc(-c3c4ccccc4c(-c4cccc(C5=NC(C)(C)C(C)(C)[NH+]5[O-])c4)c4ccccc34)cc2)N([O])C1(C)C. The number of nitrogens with one attached hydrogen (secondary N) is 1. The molecule has 5 aromatic carbocycles. The molecule has 2 aliphatic heterocycles. The summed E-state index contributed by atoms with van der Waals surface area (Å²) in [5.41, 5.74) is 3.88. The van der Waals surface area contributed by atoms with E-state index >= 15 is 0 Å². The van der Waals surface area contributed by atoms with Crippen molar-refractivity contribution in [1.29, 1.82) is 0 Å². The van der Waals surface area contributed by atoms with Crippen molar-refractivity contribution in [3.8, 4) is 22.3 Å². The van der Waals surface area contributed by atoms with Gasteiger partial charge in [0.05, 0.1) is 16.6 Å². The quantitative estimate of drug-likeness (QED) is 0.166. The topological polar surface area (TPSA) is 75.4 Å². The van der Waals surface area contributed by atoms with E-state index in [0.717, 1.165) is 60.0 Å². The number of hydrogen-bond donors (Lipinski definition) is 1. The summed E-state index contributed by atoms with van der Waals surface area (Å²) in [4.78, 5) is 9.76. The molecule has 1 unspecified atom stereocenters. The molecule has 5 aromatic rings. The van der Waals surface area contributed by atoms with Crippen LogP contribution in [-0.2, 0) is 5.21 Å². The van der Waals surface area contributed by atoms with Crippen LogP contribution in [0.1, 0.15) is 66.5 Å². The lowest BCUT2D eigenvalue weighted by Gasteiger charge is -2.38. The van der Waals surface area contributed by atoms with E-state index in [4.69, 9.17) is 9.98 Å². The molecule has 0 saturated heterocycles. The number of hydroxylamine groups is 4. The van der Waals surface area contributed by atoms with Crippen LogP contribution in [0.3, 0.4) is 0 Å². The lowest BCUT2D eigenvalue weighted by Crippen LogP contribution is -3.17. The third-order valence-corrected chi connectivity index (χ3v) is 11.1. The number of rotatable bonds is 4. The van der Waals surface area contributed by atoms with Gasteiger partial charge in [0.25, 0.3) is 0 Å². The zero-order valence-corrected chi connectivity index (χ0v) is 27.9. The number of nitrogens with zero attached hydrogens (tertiary/aromatic N) is 3. The highest BCUT2D eigenvalue weighted by molar-refractivity contribution is 6.21. The predicted molar refractivity (Wildman–Crippen MR) is 189 cm³/mol. The number of benzene rings is 5. The monoisotopic (exact) mass is 609 g/mol. The summed E-state index contributed by atoms with van der Waals surface area (Å²) in [5, 5.41) is 32.5. The molecule has 0 amide bonds. The predicted octanol–water partition coefficient (Wildman–Crippen LogP) is 7.99. The third kappa shape index (κ3) is 4.28. The van der Waals surface area contributed by atoms with Crippen LogP contribution in [0.5, 0.6) is 0 Å². The van der Waals surface area contributed by atoms with Gasteiger partial charge in [-0.15, -0.1) is 0 Å². The molecule has 0 saturated carbocycles. The maximum atomic E-state index is 13.5. The molecular weight excluding hydrogens is 568 g/mol. The highest BCUT2D eigenvalue weighted by Crippen LogP contribution is 2.44. The van der Waals surface area contributed by atoms with Gasteiger partial charge in [0.1, 0.15) is 11.1 Å². The molecule has 6 heteroatoms. The van der Waals surface area contributed by atoms with Crippen molar-refractivity contribution in [3.05, 3.63) is 113 Å². The highest BCUT2D eigenvalue weighted by Gasteiger charge is 2.51. The Morgan fingerprint density at radius 3 is 1.50 bits per heavy atom. The van der Waals surface area contributed by atoms with E-state index in [9.17, 15) is 10.4 Å². The van der Waals surface area contributed by atoms with E-state index in [-0.39, 0.29) is 5.06 Å². The Morgan fingerprint density at radius 1 is 0.565 bits per heavy atom. The third-order valence-electron chi connectivity index (χ3n) is 11.1. The zero-order chi connectivity index (χ0) is 32.8. The second-order valence-electron chi connectivity index (χ2n) is 14.8. The molecule has 46 heavy (non-hydrogen) atoms. The van der Waals surface area contributed by atoms with Gasteiger partial charge >= 0.3 is 0 Å². The van der Waals surface area contributed by atoms with Crippen LogP contribution >= 0.6 is 0 Å². The first-order chi connectivity index (χ1) is 21.7. The summed E-state index contributed by atoms with van der Waals surface area (Å²) in [5.74, 6) is 1.03. The maximum absolute atomic E-state index is 13.5. The van der Waals surface area contributed by atoms with Crippen LogP contribution in [0.15, 0.2) is 107 Å². The van der Waals surface area contributed by atoms with Gasteiger partial charge < -0.3 is 10.3 Å². The Hall–Kier alpha value is -4.36. The molecule has 1 radical (unpaired) electrons. The minimum Gasteiger partial charge on any atom is -0.627 e. The van der Waals surface area contributed by atoms with Crippen LogP contribution in [0.4, 0.5) is 0 Å². The Kier molecular flexibility index (Phi) is 6.63. The van der Waals surface area contributed by atoms with E-state index < -0.39 is 22.2 Å². The van der Waals surface area contributed by atoms with Crippen LogP contribution in [0.25, 0.3) is 43.8 Å². The van der Waals surface area contributed by atoms with Crippen molar-refractivity contribution < 1.29 is 10.3 Å². The molecule has 6 nitrogen and oxygen atoms in total. The lowest BCUT2D eigenvalue weighted by atomic mass is 9.84. The first-order valence-corrected chi connectivity index (χ1v) is 16.0. The molecule has 0 spiro atoms. The molecule has 0 bridgehead atoms. The maximum Gasteiger partial charge on any atom is 0.229 e. The van der Waals surface area contributed by atoms with Crippen LogP contribution in [-0.4, -0.2) is 38.9 Å². The van der Waals surface area contributed by atoms with E-state index in [1.165, 1.54) is 0 Å². The van der Waals surface area contributed by atoms with Gasteiger partial charge in [0, 0.05) is 5.56 Å². The summed E-state index contributed by atoms with van der Waals surface area (Å²) in [7, 11) is 0. The molecule has 0 fully saturated rings. The standard InChI is InChI=1S/C40H41N4O2/c1-37(2)39(5,6)43(45)35(41-37)26-22-20-25(21-23-26)33-29-16-9-11-18-31(29)34(32-19-12-10-17-30(32)33)27-14-13-15-28(24-27)36-42-38(3,4)40(7,8)44(36)46/h9-24,44H,1-8H3. The van der Waals surface area contributed by atoms with Gasteiger partial charge in [-0.3, -0.25) is 4.99 Å². The summed E-state index contributed by atoms with van der Waals surface area (Å²) in [6.45, 7) is 16.0. The minimum atomic E-state index is -0.634. The van der Waals surface area contributed by atoms with E-state index in [2.05, 4.69) is 72.8 Å². The highest BCUT2D eigenvalue weighted by atomic mass is 16.5. The smallest absolute Gasteiger partial charge is 0.229 e. The fourth-order valence-electron chi connectivity index (χ4n) is 6.74. The van der Waals surface area contributed by atoms with Gasteiger partial charge in [0.2, 0.25) is 5.84 Å². The summed E-state index contributed by atoms with van der Waals surface area (Å²) in [6.07, 6.45) is 0. The van der Waals surface area contributed by atoms with E-state index in [0.29, 0.717) is 11.7 Å². The molecule has 2 heterocycles. The average Bonchev–Trinajstić information content (AvgIpc) is 3.31. The van der Waals surface area contributed by atoms with E-state index in [1.807, 2.05) is 79.7 Å². The minimum absolute atomic E-state index is 0.0824. The summed E-state index contributed by atoms with van der Waals surface area (Å²) < 4.78 is 0. The number of hydrogen-bond acceptors (Lipinski definition) is 4. The van der Waals surface area contributed by atoms with Crippen molar-refractivity contribution in [2.24, 2.45) is 9.98 Å². The molecule has 0 aliphatic carbocycles. The number of amidine groups is 2. The fraction of sp³-hybridized carbons (Fsp3) is 0.300. The second-order valence-corrected chi connectivity index (χ2v) is 14.8. The lowest BCUT2D eigenvalue weighted by molar-refractivity contribution is -0.805. The largest absolute Gasteiger partial charge is 0.627 e. The Bertz CT molecular complexity index is 2030. The van der Waals surface area contributed by atoms with Crippen LogP contribution in [0, 0.1) is 5.21 Å². The fourth-order valence-corrected chi connectivity index (χ4v) is 6.74. The molecule has 1 atom stereocenters.